The summed E-state index contributed by atoms with van der Waals surface area (Å²) >= 11 is 0. The van der Waals surface area contributed by atoms with Gasteiger partial charge in [0.05, 0.1) is 6.16 Å². The van der Waals surface area contributed by atoms with Crippen molar-refractivity contribution < 1.29 is 18.4 Å². The van der Waals surface area contributed by atoms with E-state index in [1.54, 1.807) is 38.4 Å². The van der Waals surface area contributed by atoms with Crippen molar-refractivity contribution in [1.29, 1.82) is 0 Å². The number of carbonyl (C=O) groups excluding carboxylic acids is 1. The van der Waals surface area contributed by atoms with Gasteiger partial charge in [-0.2, -0.15) is 0 Å². The molecule has 0 aliphatic carbocycles. The number of benzene rings is 1. The van der Waals surface area contributed by atoms with Crippen LogP contribution >= 0.6 is 7.60 Å². The average Bonchev–Trinajstić information content (AvgIpc) is 2.38. The molecule has 0 aliphatic heterocycles. The summed E-state index contributed by atoms with van der Waals surface area (Å²) in [4.78, 5) is 13.0. The Morgan fingerprint density at radius 3 is 2.47 bits per heavy atom. The van der Waals surface area contributed by atoms with Gasteiger partial charge in [0.15, 0.2) is 0 Å². The van der Waals surface area contributed by atoms with Gasteiger partial charge < -0.3 is 19.3 Å². The Labute approximate surface area is 113 Å². The summed E-state index contributed by atoms with van der Waals surface area (Å²) in [5, 5.41) is 2.72. The number of rotatable bonds is 5. The lowest BCUT2D eigenvalue weighted by Crippen LogP contribution is -2.27. The van der Waals surface area contributed by atoms with Crippen LogP contribution < -0.4 is 5.32 Å². The maximum atomic E-state index is 12.0. The van der Waals surface area contributed by atoms with E-state index in [9.17, 15) is 9.36 Å². The number of hydrogen-bond donors (Lipinski definition) is 1. The molecule has 0 saturated carbocycles. The first kappa shape index (κ1) is 15.7. The van der Waals surface area contributed by atoms with Gasteiger partial charge in [0.25, 0.3) is 0 Å². The molecule has 0 bridgehead atoms. The smallest absolute Gasteiger partial charge is 0.331 e. The van der Waals surface area contributed by atoms with E-state index in [0.717, 1.165) is 5.56 Å². The van der Waals surface area contributed by atoms with Gasteiger partial charge in [-0.1, -0.05) is 12.1 Å². The van der Waals surface area contributed by atoms with Gasteiger partial charge in [-0.3, -0.25) is 4.57 Å². The fraction of sp³-hybridized carbons (Fsp3) is 0.417. The minimum atomic E-state index is -3.10. The lowest BCUT2D eigenvalue weighted by atomic mass is 10.2. The van der Waals surface area contributed by atoms with Crippen molar-refractivity contribution in [3.8, 4) is 0 Å². The van der Waals surface area contributed by atoms with Crippen LogP contribution in [0.1, 0.15) is 5.56 Å². The summed E-state index contributed by atoms with van der Waals surface area (Å²) in [6.07, 6.45) is 0.158. The van der Waals surface area contributed by atoms with E-state index < -0.39 is 7.60 Å². The molecule has 0 spiro atoms. The predicted octanol–water partition coefficient (Wildman–Crippen LogP) is 2.77. The molecule has 0 heterocycles. The van der Waals surface area contributed by atoms with Crippen LogP contribution in [0.3, 0.4) is 0 Å². The van der Waals surface area contributed by atoms with E-state index in [2.05, 4.69) is 5.32 Å². The summed E-state index contributed by atoms with van der Waals surface area (Å²) in [5.41, 5.74) is 1.40. The summed E-state index contributed by atoms with van der Waals surface area (Å²) < 4.78 is 21.8. The zero-order valence-corrected chi connectivity index (χ0v) is 12.4. The van der Waals surface area contributed by atoms with Crippen molar-refractivity contribution in [2.75, 3.05) is 33.6 Å². The fourth-order valence-electron chi connectivity index (χ4n) is 1.41. The van der Waals surface area contributed by atoms with Gasteiger partial charge in [0.1, 0.15) is 0 Å². The fourth-order valence-corrected chi connectivity index (χ4v) is 2.46. The molecule has 0 aromatic heterocycles. The molecule has 0 atom stereocenters. The van der Waals surface area contributed by atoms with E-state index in [1.807, 2.05) is 0 Å². The van der Waals surface area contributed by atoms with Crippen LogP contribution in [0.4, 0.5) is 10.5 Å². The second-order valence-corrected chi connectivity index (χ2v) is 6.43. The van der Waals surface area contributed by atoms with Crippen LogP contribution in [-0.2, 0) is 19.8 Å². The van der Waals surface area contributed by atoms with E-state index >= 15 is 0 Å². The number of urea groups is 1. The van der Waals surface area contributed by atoms with Crippen LogP contribution in [0.5, 0.6) is 0 Å². The van der Waals surface area contributed by atoms with Crippen LogP contribution in [-0.4, -0.2) is 39.2 Å². The molecule has 2 amide bonds. The molecular formula is C12H19N2O4P. The Morgan fingerprint density at radius 1 is 1.32 bits per heavy atom. The van der Waals surface area contributed by atoms with Crippen LogP contribution in [0.25, 0.3) is 0 Å². The van der Waals surface area contributed by atoms with Gasteiger partial charge >= 0.3 is 13.6 Å². The van der Waals surface area contributed by atoms with Crippen molar-refractivity contribution in [3.63, 3.8) is 0 Å². The molecule has 0 radical (unpaired) electrons. The van der Waals surface area contributed by atoms with Crippen LogP contribution in [0.15, 0.2) is 24.3 Å². The molecule has 106 valence electrons. The van der Waals surface area contributed by atoms with Crippen molar-refractivity contribution in [2.45, 2.75) is 6.16 Å². The van der Waals surface area contributed by atoms with Crippen LogP contribution in [0.2, 0.25) is 0 Å². The highest BCUT2D eigenvalue weighted by atomic mass is 31.2. The molecule has 6 nitrogen and oxygen atoms in total. The third-order valence-corrected chi connectivity index (χ3v) is 4.38. The maximum Gasteiger partial charge on any atom is 0.334 e. The van der Waals surface area contributed by atoms with Crippen molar-refractivity contribution in [3.05, 3.63) is 29.8 Å². The van der Waals surface area contributed by atoms with Gasteiger partial charge in [0, 0.05) is 34.0 Å². The summed E-state index contributed by atoms with van der Waals surface area (Å²) in [7, 11) is 2.91. The summed E-state index contributed by atoms with van der Waals surface area (Å²) in [6.45, 7) is 0. The first-order valence-corrected chi connectivity index (χ1v) is 7.41. The molecule has 0 unspecified atom stereocenters. The Balaban J connectivity index is 2.83. The highest BCUT2D eigenvalue weighted by Gasteiger charge is 2.21. The zero-order valence-electron chi connectivity index (χ0n) is 11.5. The SMILES string of the molecule is COP(=O)(Cc1cccc(NC(=O)N(C)C)c1)OC. The second-order valence-electron chi connectivity index (χ2n) is 4.16. The number of hydrogen-bond acceptors (Lipinski definition) is 4. The monoisotopic (exact) mass is 286 g/mol. The Kier molecular flexibility index (Phi) is 5.54. The van der Waals surface area contributed by atoms with Gasteiger partial charge in [-0.15, -0.1) is 0 Å². The Bertz CT molecular complexity index is 482. The van der Waals surface area contributed by atoms with Crippen molar-refractivity contribution >= 4 is 19.3 Å². The number of carbonyl (C=O) groups is 1. The van der Waals surface area contributed by atoms with E-state index in [4.69, 9.17) is 9.05 Å². The van der Waals surface area contributed by atoms with Gasteiger partial charge in [-0.05, 0) is 17.7 Å². The molecule has 1 aromatic carbocycles. The lowest BCUT2D eigenvalue weighted by Gasteiger charge is -2.15. The highest BCUT2D eigenvalue weighted by molar-refractivity contribution is 7.52. The summed E-state index contributed by atoms with van der Waals surface area (Å²) in [6, 6.07) is 6.85. The third kappa shape index (κ3) is 4.67. The largest absolute Gasteiger partial charge is 0.334 e. The molecule has 1 aromatic rings. The molecule has 1 N–H and O–H groups in total. The quantitative estimate of drug-likeness (QED) is 0.845. The Hall–Kier alpha value is -1.36. The topological polar surface area (TPSA) is 67.9 Å². The normalized spacial score (nSPS) is 11.2. The van der Waals surface area contributed by atoms with Gasteiger partial charge in [0.2, 0.25) is 0 Å². The van der Waals surface area contributed by atoms with Crippen LogP contribution in [0, 0.1) is 0 Å². The lowest BCUT2D eigenvalue weighted by molar-refractivity contribution is 0.230. The minimum absolute atomic E-state index is 0.158. The Morgan fingerprint density at radius 2 is 1.95 bits per heavy atom. The van der Waals surface area contributed by atoms with E-state index in [1.165, 1.54) is 19.1 Å². The predicted molar refractivity (Wildman–Crippen MR) is 74.5 cm³/mol. The van der Waals surface area contributed by atoms with Crippen molar-refractivity contribution in [2.24, 2.45) is 0 Å². The number of amides is 2. The third-order valence-electron chi connectivity index (χ3n) is 2.52. The molecule has 0 fully saturated rings. The average molecular weight is 286 g/mol. The first-order chi connectivity index (χ1) is 8.90. The zero-order chi connectivity index (χ0) is 14.5. The molecule has 0 saturated heterocycles. The number of anilines is 1. The van der Waals surface area contributed by atoms with E-state index in [0.29, 0.717) is 5.69 Å². The first-order valence-electron chi connectivity index (χ1n) is 5.68. The summed E-state index contributed by atoms with van der Waals surface area (Å²) in [5.74, 6) is 0. The molecule has 0 aliphatic rings. The maximum absolute atomic E-state index is 12.0. The molecule has 1 rings (SSSR count). The standard InChI is InChI=1S/C12H19N2O4P/c1-14(2)12(15)13-11-7-5-6-10(8-11)9-19(16,17-3)18-4/h5-8H,9H2,1-4H3,(H,13,15). The van der Waals surface area contributed by atoms with Gasteiger partial charge in [-0.25, -0.2) is 4.79 Å². The molecule has 7 heteroatoms. The minimum Gasteiger partial charge on any atom is -0.331 e. The number of nitrogens with one attached hydrogen (secondary N) is 1. The van der Waals surface area contributed by atoms with Crippen molar-refractivity contribution in [1.82, 2.24) is 4.90 Å². The second kappa shape index (κ2) is 6.70. The molecular weight excluding hydrogens is 267 g/mol. The molecule has 19 heavy (non-hydrogen) atoms. The highest BCUT2D eigenvalue weighted by Crippen LogP contribution is 2.49. The number of nitrogens with zero attached hydrogens (tertiary/aromatic N) is 1. The van der Waals surface area contributed by atoms with E-state index in [-0.39, 0.29) is 12.2 Å².